The fourth-order valence-electron chi connectivity index (χ4n) is 2.72. The summed E-state index contributed by atoms with van der Waals surface area (Å²) in [5, 5.41) is 11.2. The Kier molecular flexibility index (Phi) is 5.18. The Hall–Kier alpha value is -2.93. The van der Waals surface area contributed by atoms with Gasteiger partial charge in [-0.3, -0.25) is 19.7 Å². The smallest absolute Gasteiger partial charge is 0.311 e. The number of non-ortho nitro benzene ring substituents is 1. The molecule has 3 rings (SSSR count). The lowest BCUT2D eigenvalue weighted by Gasteiger charge is -2.16. The quantitative estimate of drug-likeness (QED) is 0.455. The number of ether oxygens (including phenoxy) is 1. The summed E-state index contributed by atoms with van der Waals surface area (Å²) in [6.07, 6.45) is 0.0850. The molecule has 1 aliphatic rings. The largest absolute Gasteiger partial charge is 0.461 e. The summed E-state index contributed by atoms with van der Waals surface area (Å²) in [4.78, 5) is 36.1. The van der Waals surface area contributed by atoms with Gasteiger partial charge in [0.15, 0.2) is 0 Å². The van der Waals surface area contributed by atoms with Crippen molar-refractivity contribution in [3.8, 4) is 0 Å². The number of hydrogen-bond acceptors (Lipinski definition) is 5. The number of carbonyl (C=O) groups excluding carboxylic acids is 2. The van der Waals surface area contributed by atoms with Crippen molar-refractivity contribution in [3.63, 3.8) is 0 Å². The van der Waals surface area contributed by atoms with Gasteiger partial charge in [-0.2, -0.15) is 0 Å². The van der Waals surface area contributed by atoms with Crippen molar-refractivity contribution in [3.05, 3.63) is 69.2 Å². The minimum absolute atomic E-state index is 0.00244. The third-order valence-corrected chi connectivity index (χ3v) is 4.38. The van der Waals surface area contributed by atoms with E-state index in [9.17, 15) is 19.7 Å². The van der Waals surface area contributed by atoms with Crippen LogP contribution in [0.25, 0.3) is 0 Å². The van der Waals surface area contributed by atoms with Gasteiger partial charge in [-0.05, 0) is 42.0 Å². The second-order valence-electron chi connectivity index (χ2n) is 5.91. The van der Waals surface area contributed by atoms with E-state index in [1.165, 1.54) is 29.2 Å². The summed E-state index contributed by atoms with van der Waals surface area (Å²) in [5.74, 6) is -1.16. The molecule has 1 aliphatic heterocycles. The molecule has 0 saturated carbocycles. The molecule has 2 aromatic rings. The Morgan fingerprint density at radius 2 is 1.85 bits per heavy atom. The number of carbonyl (C=O) groups is 2. The van der Waals surface area contributed by atoms with Crippen LogP contribution in [0.15, 0.2) is 48.5 Å². The zero-order chi connectivity index (χ0) is 18.7. The maximum absolute atomic E-state index is 12.2. The number of nitro benzene ring substituents is 1. The first-order valence-electron chi connectivity index (χ1n) is 7.90. The van der Waals surface area contributed by atoms with Crippen molar-refractivity contribution < 1.29 is 19.2 Å². The third-order valence-electron chi connectivity index (χ3n) is 4.12. The van der Waals surface area contributed by atoms with E-state index in [0.29, 0.717) is 16.3 Å². The Bertz CT molecular complexity index is 836. The van der Waals surface area contributed by atoms with E-state index in [0.717, 1.165) is 0 Å². The number of halogens is 1. The molecule has 0 N–H and O–H groups in total. The summed E-state index contributed by atoms with van der Waals surface area (Å²) < 4.78 is 5.26. The van der Waals surface area contributed by atoms with Crippen LogP contribution in [0, 0.1) is 16.0 Å². The van der Waals surface area contributed by atoms with Crippen molar-refractivity contribution in [1.29, 1.82) is 0 Å². The second kappa shape index (κ2) is 7.53. The zero-order valence-corrected chi connectivity index (χ0v) is 14.4. The Morgan fingerprint density at radius 1 is 1.19 bits per heavy atom. The van der Waals surface area contributed by atoms with Gasteiger partial charge in [0, 0.05) is 35.8 Å². The molecule has 0 radical (unpaired) electrons. The summed E-state index contributed by atoms with van der Waals surface area (Å²) in [6, 6.07) is 12.6. The number of hydrogen-bond donors (Lipinski definition) is 0. The van der Waals surface area contributed by atoms with E-state index >= 15 is 0 Å². The molecule has 0 bridgehead atoms. The summed E-state index contributed by atoms with van der Waals surface area (Å²) in [7, 11) is 0. The number of rotatable bonds is 5. The first kappa shape index (κ1) is 17.9. The van der Waals surface area contributed by atoms with E-state index < -0.39 is 16.8 Å². The van der Waals surface area contributed by atoms with Crippen molar-refractivity contribution in [2.45, 2.75) is 13.0 Å². The number of anilines is 1. The molecule has 2 aromatic carbocycles. The van der Waals surface area contributed by atoms with Gasteiger partial charge in [-0.15, -0.1) is 0 Å². The maximum Gasteiger partial charge on any atom is 0.311 e. The summed E-state index contributed by atoms with van der Waals surface area (Å²) in [6.45, 7) is 0.252. The molecule has 0 aliphatic carbocycles. The number of benzene rings is 2. The predicted molar refractivity (Wildman–Crippen MR) is 94.8 cm³/mol. The maximum atomic E-state index is 12.2. The standard InChI is InChI=1S/C18H15ClN2O5/c19-14-3-7-15(8-4-14)20-10-13(9-17(20)22)18(23)26-11-12-1-5-16(6-2-12)21(24)25/h1-8,13H,9-11H2. The van der Waals surface area contributed by atoms with Crippen LogP contribution in [0.4, 0.5) is 11.4 Å². The first-order valence-corrected chi connectivity index (χ1v) is 8.28. The normalized spacial score (nSPS) is 16.6. The van der Waals surface area contributed by atoms with Crippen molar-refractivity contribution in [2.24, 2.45) is 5.92 Å². The van der Waals surface area contributed by atoms with Gasteiger partial charge in [0.25, 0.3) is 5.69 Å². The Labute approximate surface area is 154 Å². The molecule has 7 nitrogen and oxygen atoms in total. The van der Waals surface area contributed by atoms with E-state index in [2.05, 4.69) is 0 Å². The molecule has 26 heavy (non-hydrogen) atoms. The van der Waals surface area contributed by atoms with Crippen LogP contribution in [-0.4, -0.2) is 23.3 Å². The van der Waals surface area contributed by atoms with Gasteiger partial charge in [0.05, 0.1) is 10.8 Å². The SMILES string of the molecule is O=C(OCc1ccc([N+](=O)[O-])cc1)C1CC(=O)N(c2ccc(Cl)cc2)C1. The third kappa shape index (κ3) is 4.00. The van der Waals surface area contributed by atoms with E-state index in [1.54, 1.807) is 24.3 Å². The number of nitro groups is 1. The molecule has 8 heteroatoms. The van der Waals surface area contributed by atoms with Crippen molar-refractivity contribution in [1.82, 2.24) is 0 Å². The molecular weight excluding hydrogens is 360 g/mol. The van der Waals surface area contributed by atoms with Crippen LogP contribution in [-0.2, 0) is 20.9 Å². The van der Waals surface area contributed by atoms with Crippen LogP contribution >= 0.6 is 11.6 Å². The highest BCUT2D eigenvalue weighted by Gasteiger charge is 2.36. The zero-order valence-electron chi connectivity index (χ0n) is 13.6. The van der Waals surface area contributed by atoms with Crippen molar-refractivity contribution in [2.75, 3.05) is 11.4 Å². The second-order valence-corrected chi connectivity index (χ2v) is 6.35. The van der Waals surface area contributed by atoms with Gasteiger partial charge < -0.3 is 9.64 Å². The van der Waals surface area contributed by atoms with Crippen LogP contribution in [0.2, 0.25) is 5.02 Å². The minimum atomic E-state index is -0.545. The van der Waals surface area contributed by atoms with Gasteiger partial charge in [0.1, 0.15) is 6.61 Å². The monoisotopic (exact) mass is 374 g/mol. The number of amides is 1. The highest BCUT2D eigenvalue weighted by Crippen LogP contribution is 2.27. The molecule has 1 saturated heterocycles. The Balaban J connectivity index is 1.57. The highest BCUT2D eigenvalue weighted by atomic mass is 35.5. The molecular formula is C18H15ClN2O5. The van der Waals surface area contributed by atoms with Crippen LogP contribution in [0.5, 0.6) is 0 Å². The minimum Gasteiger partial charge on any atom is -0.461 e. The Morgan fingerprint density at radius 3 is 2.46 bits per heavy atom. The lowest BCUT2D eigenvalue weighted by molar-refractivity contribution is -0.384. The molecule has 134 valence electrons. The van der Waals surface area contributed by atoms with Crippen LogP contribution in [0.1, 0.15) is 12.0 Å². The van der Waals surface area contributed by atoms with Crippen LogP contribution in [0.3, 0.4) is 0 Å². The summed E-state index contributed by atoms with van der Waals surface area (Å²) >= 11 is 5.85. The molecule has 0 aromatic heterocycles. The van der Waals surface area contributed by atoms with Gasteiger partial charge >= 0.3 is 5.97 Å². The molecule has 1 unspecified atom stereocenters. The highest BCUT2D eigenvalue weighted by molar-refractivity contribution is 6.30. The van der Waals surface area contributed by atoms with Crippen LogP contribution < -0.4 is 4.90 Å². The fraction of sp³-hybridized carbons (Fsp3) is 0.222. The lowest BCUT2D eigenvalue weighted by atomic mass is 10.1. The van der Waals surface area contributed by atoms with Gasteiger partial charge in [0.2, 0.25) is 5.91 Å². The average Bonchev–Trinajstić information content (AvgIpc) is 3.02. The molecule has 1 atom stereocenters. The van der Waals surface area contributed by atoms with E-state index in [-0.39, 0.29) is 31.2 Å². The fourth-order valence-corrected chi connectivity index (χ4v) is 2.85. The van der Waals surface area contributed by atoms with E-state index in [1.807, 2.05) is 0 Å². The van der Waals surface area contributed by atoms with Gasteiger partial charge in [-0.25, -0.2) is 0 Å². The number of nitrogens with zero attached hydrogens (tertiary/aromatic N) is 2. The topological polar surface area (TPSA) is 89.7 Å². The predicted octanol–water partition coefficient (Wildman–Crippen LogP) is 3.34. The molecule has 1 heterocycles. The van der Waals surface area contributed by atoms with Crippen molar-refractivity contribution >= 4 is 34.9 Å². The molecule has 1 amide bonds. The first-order chi connectivity index (χ1) is 12.4. The summed E-state index contributed by atoms with van der Waals surface area (Å²) in [5.41, 5.74) is 1.30. The lowest BCUT2D eigenvalue weighted by Crippen LogP contribution is -2.26. The number of esters is 1. The van der Waals surface area contributed by atoms with E-state index in [4.69, 9.17) is 16.3 Å². The average molecular weight is 375 g/mol. The molecule has 0 spiro atoms. The van der Waals surface area contributed by atoms with Gasteiger partial charge in [-0.1, -0.05) is 11.6 Å². The molecule has 1 fully saturated rings.